The van der Waals surface area contributed by atoms with Crippen molar-refractivity contribution >= 4 is 49.4 Å². The van der Waals surface area contributed by atoms with Crippen LogP contribution < -0.4 is 9.62 Å². The number of piperidine rings is 1. The van der Waals surface area contributed by atoms with Gasteiger partial charge in [0.15, 0.2) is 0 Å². The van der Waals surface area contributed by atoms with Gasteiger partial charge in [-0.15, -0.1) is 0 Å². The van der Waals surface area contributed by atoms with Crippen LogP contribution in [0.25, 0.3) is 33.2 Å². The molecule has 0 saturated carbocycles. The number of likely N-dealkylation sites (tertiary alicyclic amines) is 1. The molecule has 3 heterocycles. The highest BCUT2D eigenvalue weighted by molar-refractivity contribution is 7.92. The van der Waals surface area contributed by atoms with Crippen LogP contribution in [-0.2, 0) is 10.0 Å². The van der Waals surface area contributed by atoms with Crippen molar-refractivity contribution in [3.63, 3.8) is 0 Å². The summed E-state index contributed by atoms with van der Waals surface area (Å²) in [5.74, 6) is -1.69. The summed E-state index contributed by atoms with van der Waals surface area (Å²) in [5, 5.41) is 3.68. The Balaban J connectivity index is 1.46. The van der Waals surface area contributed by atoms with Crippen molar-refractivity contribution in [3.05, 3.63) is 89.1 Å². The van der Waals surface area contributed by atoms with Crippen LogP contribution in [0.2, 0.25) is 0 Å². The largest absolute Gasteiger partial charge is 0.455 e. The van der Waals surface area contributed by atoms with Gasteiger partial charge in [-0.25, -0.2) is 17.2 Å². The molecule has 1 aliphatic heterocycles. The SMILES string of the molecule is CNC(=O)c1c(-c2ccc(F)cc2)oc2cc(N(C)S(C)(=O)=O)c(C3CCCN(C(=O)c4cc5cccc(F)c5[nH]4)C3)cc12. The van der Waals surface area contributed by atoms with Gasteiger partial charge in [-0.05, 0) is 60.9 Å². The van der Waals surface area contributed by atoms with Gasteiger partial charge in [-0.2, -0.15) is 0 Å². The normalized spacial score (nSPS) is 15.6. The molecule has 0 bridgehead atoms. The Hall–Kier alpha value is -4.71. The van der Waals surface area contributed by atoms with Gasteiger partial charge in [0.1, 0.15) is 28.7 Å². The van der Waals surface area contributed by atoms with E-state index < -0.39 is 27.6 Å². The highest BCUT2D eigenvalue weighted by atomic mass is 32.2. The lowest BCUT2D eigenvalue weighted by Gasteiger charge is -2.34. The number of hydrogen-bond donors (Lipinski definition) is 2. The number of furan rings is 1. The summed E-state index contributed by atoms with van der Waals surface area (Å²) in [5.41, 5.74) is 2.48. The number of aromatic amines is 1. The van der Waals surface area contributed by atoms with Gasteiger partial charge in [0.25, 0.3) is 11.8 Å². The average Bonchev–Trinajstić information content (AvgIpc) is 3.62. The van der Waals surface area contributed by atoms with Gasteiger partial charge in [0.05, 0.1) is 23.0 Å². The Kier molecular flexibility index (Phi) is 7.40. The molecule has 3 aromatic carbocycles. The number of anilines is 1. The van der Waals surface area contributed by atoms with Crippen molar-refractivity contribution < 1.29 is 31.2 Å². The van der Waals surface area contributed by atoms with Crippen molar-refractivity contribution in [3.8, 4) is 11.3 Å². The minimum atomic E-state index is -3.71. The van der Waals surface area contributed by atoms with Crippen LogP contribution in [0.4, 0.5) is 14.5 Å². The zero-order chi connectivity index (χ0) is 31.3. The van der Waals surface area contributed by atoms with E-state index in [0.717, 1.165) is 10.6 Å². The van der Waals surface area contributed by atoms with Crippen LogP contribution >= 0.6 is 0 Å². The Morgan fingerprint density at radius 3 is 2.52 bits per heavy atom. The first-order valence-electron chi connectivity index (χ1n) is 14.0. The van der Waals surface area contributed by atoms with E-state index in [-0.39, 0.29) is 46.5 Å². The second kappa shape index (κ2) is 11.1. The van der Waals surface area contributed by atoms with E-state index >= 15 is 0 Å². The third kappa shape index (κ3) is 5.19. The number of amides is 2. The fourth-order valence-electron chi connectivity index (χ4n) is 5.90. The second-order valence-corrected chi connectivity index (χ2v) is 13.0. The third-order valence-electron chi connectivity index (χ3n) is 8.22. The summed E-state index contributed by atoms with van der Waals surface area (Å²) in [6, 6.07) is 15.1. The first-order valence-corrected chi connectivity index (χ1v) is 15.9. The number of fused-ring (bicyclic) bond motifs is 2. The van der Waals surface area contributed by atoms with Crippen LogP contribution in [0, 0.1) is 11.6 Å². The third-order valence-corrected chi connectivity index (χ3v) is 9.41. The quantitative estimate of drug-likeness (QED) is 0.255. The van der Waals surface area contributed by atoms with E-state index in [4.69, 9.17) is 4.42 Å². The Bertz CT molecular complexity index is 2040. The fourth-order valence-corrected chi connectivity index (χ4v) is 6.42. The molecule has 44 heavy (non-hydrogen) atoms. The predicted octanol–water partition coefficient (Wildman–Crippen LogP) is 5.63. The number of carbonyl (C=O) groups is 2. The number of halogens is 2. The van der Waals surface area contributed by atoms with E-state index in [1.165, 1.54) is 44.4 Å². The maximum Gasteiger partial charge on any atom is 0.270 e. The van der Waals surface area contributed by atoms with Gasteiger partial charge < -0.3 is 19.6 Å². The van der Waals surface area contributed by atoms with Gasteiger partial charge in [0.2, 0.25) is 10.0 Å². The lowest BCUT2D eigenvalue weighted by atomic mass is 9.88. The van der Waals surface area contributed by atoms with E-state index in [2.05, 4.69) is 10.3 Å². The van der Waals surface area contributed by atoms with Gasteiger partial charge in [0, 0.05) is 55.5 Å². The molecular weight excluding hydrogens is 590 g/mol. The van der Waals surface area contributed by atoms with Gasteiger partial charge in [-0.1, -0.05) is 12.1 Å². The molecule has 1 saturated heterocycles. The first kappa shape index (κ1) is 29.4. The molecule has 2 amide bonds. The maximum atomic E-state index is 14.3. The summed E-state index contributed by atoms with van der Waals surface area (Å²) in [6.07, 6.45) is 2.38. The van der Waals surface area contributed by atoms with E-state index in [9.17, 15) is 26.8 Å². The van der Waals surface area contributed by atoms with Crippen molar-refractivity contribution in [2.75, 3.05) is 37.7 Å². The molecule has 1 unspecified atom stereocenters. The van der Waals surface area contributed by atoms with Crippen LogP contribution in [0.3, 0.4) is 0 Å². The lowest BCUT2D eigenvalue weighted by molar-refractivity contribution is 0.0702. The summed E-state index contributed by atoms with van der Waals surface area (Å²) in [4.78, 5) is 31.3. The number of para-hydroxylation sites is 1. The number of nitrogens with one attached hydrogen (secondary N) is 2. The smallest absolute Gasteiger partial charge is 0.270 e. The number of benzene rings is 3. The molecule has 6 rings (SSSR count). The van der Waals surface area contributed by atoms with E-state index in [0.29, 0.717) is 47.0 Å². The van der Waals surface area contributed by atoms with Gasteiger partial charge in [-0.3, -0.25) is 13.9 Å². The number of H-pyrrole nitrogens is 1. The Morgan fingerprint density at radius 1 is 1.09 bits per heavy atom. The van der Waals surface area contributed by atoms with Crippen LogP contribution in [0.15, 0.2) is 65.1 Å². The standard InChI is InChI=1S/C32H30F2N4O5S/c1-35-31(39)28-23-15-22(20-7-5-13-38(17-20)32(40)25-14-19-6-4-8-24(34)29(19)36-25)26(37(2)44(3,41)42)16-27(23)43-30(28)18-9-11-21(33)12-10-18/h4,6,8-12,14-16,20,36H,5,7,13,17H2,1-3H3,(H,35,39). The van der Waals surface area contributed by atoms with Crippen LogP contribution in [0.5, 0.6) is 0 Å². The number of hydrogen-bond acceptors (Lipinski definition) is 5. The Labute approximate surface area is 252 Å². The second-order valence-electron chi connectivity index (χ2n) is 11.0. The molecule has 9 nitrogen and oxygen atoms in total. The van der Waals surface area contributed by atoms with Crippen molar-refractivity contribution in [2.24, 2.45) is 0 Å². The molecular formula is C32H30F2N4O5S. The highest BCUT2D eigenvalue weighted by Gasteiger charge is 2.32. The lowest BCUT2D eigenvalue weighted by Crippen LogP contribution is -2.39. The minimum absolute atomic E-state index is 0.218. The summed E-state index contributed by atoms with van der Waals surface area (Å²) >= 11 is 0. The topological polar surface area (TPSA) is 116 Å². The number of sulfonamides is 1. The molecule has 1 fully saturated rings. The highest BCUT2D eigenvalue weighted by Crippen LogP contribution is 2.42. The molecule has 0 spiro atoms. The fraction of sp³-hybridized carbons (Fsp3) is 0.250. The molecule has 1 aliphatic rings. The molecule has 2 N–H and O–H groups in total. The monoisotopic (exact) mass is 620 g/mol. The molecule has 228 valence electrons. The first-order chi connectivity index (χ1) is 21.0. The number of aromatic nitrogens is 1. The minimum Gasteiger partial charge on any atom is -0.455 e. The maximum absolute atomic E-state index is 14.3. The van der Waals surface area contributed by atoms with Crippen LogP contribution in [-0.4, -0.2) is 63.6 Å². The summed E-state index contributed by atoms with van der Waals surface area (Å²) in [6.45, 7) is 0.737. The molecule has 2 aromatic heterocycles. The molecule has 1 atom stereocenters. The zero-order valence-corrected chi connectivity index (χ0v) is 25.1. The predicted molar refractivity (Wildman–Crippen MR) is 164 cm³/mol. The Morgan fingerprint density at radius 2 is 1.84 bits per heavy atom. The summed E-state index contributed by atoms with van der Waals surface area (Å²) < 4.78 is 60.8. The number of rotatable bonds is 6. The summed E-state index contributed by atoms with van der Waals surface area (Å²) in [7, 11) is -0.781. The van der Waals surface area contributed by atoms with Crippen LogP contribution in [0.1, 0.15) is 45.2 Å². The number of carbonyl (C=O) groups excluding carboxylic acids is 2. The van der Waals surface area contributed by atoms with Crippen molar-refractivity contribution in [1.82, 2.24) is 15.2 Å². The van der Waals surface area contributed by atoms with E-state index in [1.54, 1.807) is 35.2 Å². The molecule has 0 radical (unpaired) electrons. The average molecular weight is 621 g/mol. The van der Waals surface area contributed by atoms with Gasteiger partial charge >= 0.3 is 0 Å². The van der Waals surface area contributed by atoms with Crippen molar-refractivity contribution in [1.29, 1.82) is 0 Å². The molecule has 12 heteroatoms. The molecule has 5 aromatic rings. The molecule has 0 aliphatic carbocycles. The number of nitrogens with zero attached hydrogens (tertiary/aromatic N) is 2. The van der Waals surface area contributed by atoms with Crippen molar-refractivity contribution in [2.45, 2.75) is 18.8 Å². The zero-order valence-electron chi connectivity index (χ0n) is 24.3. The van der Waals surface area contributed by atoms with E-state index in [1.807, 2.05) is 0 Å².